The van der Waals surface area contributed by atoms with Gasteiger partial charge in [-0.25, -0.2) is 8.42 Å². The Morgan fingerprint density at radius 2 is 1.89 bits per heavy atom. The lowest BCUT2D eigenvalue weighted by atomic mass is 10.1. The summed E-state index contributed by atoms with van der Waals surface area (Å²) in [7, 11) is 2.86. The van der Waals surface area contributed by atoms with Crippen molar-refractivity contribution in [2.45, 2.75) is 11.6 Å². The predicted molar refractivity (Wildman–Crippen MR) is 73.3 cm³/mol. The van der Waals surface area contributed by atoms with Crippen LogP contribution in [0.4, 0.5) is 0 Å². The maximum atomic E-state index is 11.2. The largest absolute Gasteiger partial charge is 0.304 e. The third-order valence-electron chi connectivity index (χ3n) is 2.49. The van der Waals surface area contributed by atoms with Crippen LogP contribution in [0.5, 0.6) is 0 Å². The van der Waals surface area contributed by atoms with E-state index in [1.165, 1.54) is 11.6 Å². The summed E-state index contributed by atoms with van der Waals surface area (Å²) >= 11 is 11.7. The zero-order chi connectivity index (χ0) is 14.2. The summed E-state index contributed by atoms with van der Waals surface area (Å²) in [5.74, 6) is 0.456. The molecule has 1 heterocycles. The molecule has 9 heteroatoms. The predicted octanol–water partition coefficient (Wildman–Crippen LogP) is 2.64. The lowest BCUT2D eigenvalue weighted by Crippen LogP contribution is -2.05. The van der Waals surface area contributed by atoms with Gasteiger partial charge in [0.2, 0.25) is 0 Å². The maximum Gasteiger partial charge on any atom is 0.296 e. The molecule has 0 atom stereocenters. The van der Waals surface area contributed by atoms with Crippen molar-refractivity contribution in [1.82, 2.24) is 14.8 Å². The van der Waals surface area contributed by atoms with Gasteiger partial charge in [-0.15, -0.1) is 10.2 Å². The second-order valence-corrected chi connectivity index (χ2v) is 7.09. The second kappa shape index (κ2) is 5.28. The topological polar surface area (TPSA) is 64.8 Å². The second-order valence-electron chi connectivity index (χ2n) is 3.82. The minimum atomic E-state index is -3.91. The van der Waals surface area contributed by atoms with Gasteiger partial charge in [0.05, 0.1) is 10.0 Å². The van der Waals surface area contributed by atoms with Crippen LogP contribution in [-0.2, 0) is 22.5 Å². The number of hydrogen-bond acceptors (Lipinski definition) is 4. The first-order valence-electron chi connectivity index (χ1n) is 5.06. The molecule has 0 saturated heterocycles. The molecule has 2 rings (SSSR count). The fraction of sp³-hybridized carbons (Fsp3) is 0.200. The minimum Gasteiger partial charge on any atom is -0.304 e. The van der Waals surface area contributed by atoms with E-state index in [4.69, 9.17) is 33.9 Å². The zero-order valence-electron chi connectivity index (χ0n) is 9.64. The molecule has 0 saturated carbocycles. The van der Waals surface area contributed by atoms with E-state index < -0.39 is 9.05 Å². The first kappa shape index (κ1) is 14.6. The molecule has 0 unspecified atom stereocenters. The van der Waals surface area contributed by atoms with Crippen molar-refractivity contribution < 1.29 is 8.42 Å². The normalized spacial score (nSPS) is 11.8. The van der Waals surface area contributed by atoms with Gasteiger partial charge < -0.3 is 4.57 Å². The summed E-state index contributed by atoms with van der Waals surface area (Å²) in [4.78, 5) is 0. The first-order valence-corrected chi connectivity index (χ1v) is 8.12. The van der Waals surface area contributed by atoms with E-state index in [2.05, 4.69) is 10.2 Å². The molecule has 0 spiro atoms. The van der Waals surface area contributed by atoms with Gasteiger partial charge in [0.1, 0.15) is 5.82 Å². The van der Waals surface area contributed by atoms with Gasteiger partial charge in [0.15, 0.2) is 0 Å². The number of rotatable bonds is 3. The Labute approximate surface area is 124 Å². The van der Waals surface area contributed by atoms with Gasteiger partial charge >= 0.3 is 0 Å². The fourth-order valence-corrected chi connectivity index (χ4v) is 2.84. The summed E-state index contributed by atoms with van der Waals surface area (Å²) < 4.78 is 23.8. The Bertz CT molecular complexity index is 728. The molecular weight excluding hydrogens is 333 g/mol. The van der Waals surface area contributed by atoms with Crippen molar-refractivity contribution in [2.75, 3.05) is 0 Å². The molecule has 0 amide bonds. The van der Waals surface area contributed by atoms with Gasteiger partial charge in [-0.3, -0.25) is 0 Å². The average molecular weight is 341 g/mol. The van der Waals surface area contributed by atoms with Crippen molar-refractivity contribution >= 4 is 42.9 Å². The summed E-state index contributed by atoms with van der Waals surface area (Å²) in [5, 5.41) is 7.95. The Morgan fingerprint density at radius 1 is 1.21 bits per heavy atom. The van der Waals surface area contributed by atoms with E-state index in [1.54, 1.807) is 18.2 Å². The molecule has 19 heavy (non-hydrogen) atoms. The van der Waals surface area contributed by atoms with E-state index in [0.717, 1.165) is 5.56 Å². The number of nitrogens with zero attached hydrogens (tertiary/aromatic N) is 3. The van der Waals surface area contributed by atoms with E-state index >= 15 is 0 Å². The molecular formula is C10H8Cl3N3O2S. The highest BCUT2D eigenvalue weighted by Crippen LogP contribution is 2.24. The van der Waals surface area contributed by atoms with Crippen molar-refractivity contribution in [3.63, 3.8) is 0 Å². The molecule has 0 aliphatic carbocycles. The molecule has 0 aliphatic heterocycles. The van der Waals surface area contributed by atoms with E-state index in [0.29, 0.717) is 22.3 Å². The summed E-state index contributed by atoms with van der Waals surface area (Å²) in [6.07, 6.45) is 0.368. The summed E-state index contributed by atoms with van der Waals surface area (Å²) in [6, 6.07) is 5.12. The number of aromatic nitrogens is 3. The highest BCUT2D eigenvalue weighted by atomic mass is 35.7. The van der Waals surface area contributed by atoms with Crippen molar-refractivity contribution in [3.05, 3.63) is 39.6 Å². The third kappa shape index (κ3) is 3.20. The quantitative estimate of drug-likeness (QED) is 0.806. The van der Waals surface area contributed by atoms with E-state index in [-0.39, 0.29) is 5.16 Å². The molecule has 2 aromatic rings. The Kier molecular flexibility index (Phi) is 4.06. The molecule has 0 fully saturated rings. The molecule has 0 aliphatic rings. The fourth-order valence-electron chi connectivity index (χ4n) is 1.54. The summed E-state index contributed by atoms with van der Waals surface area (Å²) in [6.45, 7) is 0. The molecule has 0 radical (unpaired) electrons. The van der Waals surface area contributed by atoms with Crippen molar-refractivity contribution in [3.8, 4) is 0 Å². The van der Waals surface area contributed by atoms with Gasteiger partial charge in [-0.05, 0) is 17.7 Å². The molecule has 0 N–H and O–H groups in total. The number of halogens is 3. The van der Waals surface area contributed by atoms with Gasteiger partial charge in [0.25, 0.3) is 14.2 Å². The van der Waals surface area contributed by atoms with Crippen LogP contribution in [0.15, 0.2) is 23.4 Å². The minimum absolute atomic E-state index is 0.288. The third-order valence-corrected chi connectivity index (χ3v) is 4.43. The Hall–Kier alpha value is -0.820. The lowest BCUT2D eigenvalue weighted by Gasteiger charge is -2.04. The number of hydrogen-bond donors (Lipinski definition) is 0. The lowest BCUT2D eigenvalue weighted by molar-refractivity contribution is 0.591. The first-order chi connectivity index (χ1) is 8.79. The zero-order valence-corrected chi connectivity index (χ0v) is 12.7. The average Bonchev–Trinajstić information content (AvgIpc) is 2.65. The highest BCUT2D eigenvalue weighted by molar-refractivity contribution is 8.13. The van der Waals surface area contributed by atoms with Crippen LogP contribution in [0.1, 0.15) is 11.4 Å². The highest BCUT2D eigenvalue weighted by Gasteiger charge is 2.20. The van der Waals surface area contributed by atoms with Crippen LogP contribution in [0.2, 0.25) is 10.0 Å². The molecule has 1 aromatic carbocycles. The van der Waals surface area contributed by atoms with Gasteiger partial charge in [-0.2, -0.15) is 0 Å². The maximum absolute atomic E-state index is 11.2. The van der Waals surface area contributed by atoms with Crippen LogP contribution in [0, 0.1) is 0 Å². The molecule has 0 bridgehead atoms. The SMILES string of the molecule is Cn1c(Cc2ccc(Cl)c(Cl)c2)nnc1S(=O)(=O)Cl. The van der Waals surface area contributed by atoms with Crippen molar-refractivity contribution in [2.24, 2.45) is 7.05 Å². The van der Waals surface area contributed by atoms with Crippen LogP contribution < -0.4 is 0 Å². The number of benzene rings is 1. The summed E-state index contributed by atoms with van der Waals surface area (Å²) in [5.41, 5.74) is 0.837. The smallest absolute Gasteiger partial charge is 0.296 e. The van der Waals surface area contributed by atoms with Gasteiger partial charge in [-0.1, -0.05) is 29.3 Å². The Balaban J connectivity index is 2.34. The monoisotopic (exact) mass is 339 g/mol. The van der Waals surface area contributed by atoms with Crippen LogP contribution >= 0.6 is 33.9 Å². The Morgan fingerprint density at radius 3 is 2.42 bits per heavy atom. The van der Waals surface area contributed by atoms with Gasteiger partial charge in [0, 0.05) is 24.2 Å². The molecule has 5 nitrogen and oxygen atoms in total. The van der Waals surface area contributed by atoms with Crippen LogP contribution in [0.25, 0.3) is 0 Å². The van der Waals surface area contributed by atoms with Crippen molar-refractivity contribution in [1.29, 1.82) is 0 Å². The van der Waals surface area contributed by atoms with Crippen LogP contribution in [0.3, 0.4) is 0 Å². The van der Waals surface area contributed by atoms with E-state index in [1.807, 2.05) is 0 Å². The molecule has 102 valence electrons. The van der Waals surface area contributed by atoms with E-state index in [9.17, 15) is 8.42 Å². The standard InChI is InChI=1S/C10H8Cl3N3O2S/c1-16-9(14-15-10(16)19(13,17)18)5-6-2-3-7(11)8(12)4-6/h2-4H,5H2,1H3. The van der Waals surface area contributed by atoms with Crippen LogP contribution in [-0.4, -0.2) is 23.2 Å². The molecule has 1 aromatic heterocycles.